The van der Waals surface area contributed by atoms with E-state index in [-0.39, 0.29) is 17.5 Å². The zero-order valence-corrected chi connectivity index (χ0v) is 15.5. The second-order valence-electron chi connectivity index (χ2n) is 6.21. The lowest BCUT2D eigenvalue weighted by Gasteiger charge is -2.25. The van der Waals surface area contributed by atoms with Crippen molar-refractivity contribution in [3.05, 3.63) is 28.8 Å². The van der Waals surface area contributed by atoms with Crippen molar-refractivity contribution < 1.29 is 18.3 Å². The molecule has 1 fully saturated rings. The Morgan fingerprint density at radius 1 is 1.38 bits per heavy atom. The topological polar surface area (TPSA) is 77.9 Å². The minimum Gasteiger partial charge on any atom is -0.480 e. The minimum absolute atomic E-state index is 0.0369. The summed E-state index contributed by atoms with van der Waals surface area (Å²) in [5, 5.41) is 9.31. The van der Waals surface area contributed by atoms with Crippen LogP contribution in [-0.4, -0.2) is 61.4 Å². The summed E-state index contributed by atoms with van der Waals surface area (Å²) in [6.07, 6.45) is 2.10. The molecule has 0 spiro atoms. The van der Waals surface area contributed by atoms with Crippen molar-refractivity contribution in [2.75, 3.05) is 26.7 Å². The lowest BCUT2D eigenvalue weighted by atomic mass is 10.1. The first-order chi connectivity index (χ1) is 11.2. The molecule has 0 aliphatic carbocycles. The molecule has 1 N–H and O–H groups in total. The smallest absolute Gasteiger partial charge is 0.317 e. The van der Waals surface area contributed by atoms with Crippen LogP contribution in [0.2, 0.25) is 5.02 Å². The number of aryl methyl sites for hydroxylation is 1. The number of sulfonamides is 1. The van der Waals surface area contributed by atoms with Gasteiger partial charge >= 0.3 is 5.97 Å². The molecule has 8 heteroatoms. The fraction of sp³-hybridized carbons (Fsp3) is 0.562. The van der Waals surface area contributed by atoms with Crippen LogP contribution >= 0.6 is 11.6 Å². The summed E-state index contributed by atoms with van der Waals surface area (Å²) in [7, 11) is -1.83. The van der Waals surface area contributed by atoms with Crippen LogP contribution in [0.15, 0.2) is 23.1 Å². The quantitative estimate of drug-likeness (QED) is 0.854. The fourth-order valence-corrected chi connectivity index (χ4v) is 5.05. The van der Waals surface area contributed by atoms with Crippen molar-refractivity contribution in [1.29, 1.82) is 0 Å². The lowest BCUT2D eigenvalue weighted by Crippen LogP contribution is -2.37. The number of rotatable bonds is 5. The van der Waals surface area contributed by atoms with Crippen molar-refractivity contribution in [3.63, 3.8) is 0 Å². The first-order valence-electron chi connectivity index (χ1n) is 7.90. The highest BCUT2D eigenvalue weighted by Crippen LogP contribution is 2.26. The predicted octanol–water partition coefficient (Wildman–Crippen LogP) is 2.21. The van der Waals surface area contributed by atoms with Gasteiger partial charge in [0.15, 0.2) is 0 Å². The molecule has 0 radical (unpaired) electrons. The van der Waals surface area contributed by atoms with Crippen molar-refractivity contribution in [1.82, 2.24) is 9.21 Å². The van der Waals surface area contributed by atoms with E-state index >= 15 is 0 Å². The Balaban J connectivity index is 2.15. The zero-order chi connectivity index (χ0) is 17.9. The zero-order valence-electron chi connectivity index (χ0n) is 13.9. The SMILES string of the molecule is Cc1ccc(Cl)cc1S(=O)(=O)N1CCCC(N(C)CC(=O)O)CC1. The number of nitrogens with zero attached hydrogens (tertiary/aromatic N) is 2. The van der Waals surface area contributed by atoms with Gasteiger partial charge in [-0.1, -0.05) is 17.7 Å². The van der Waals surface area contributed by atoms with Gasteiger partial charge in [-0.05, 0) is 50.9 Å². The van der Waals surface area contributed by atoms with E-state index < -0.39 is 16.0 Å². The third kappa shape index (κ3) is 4.47. The largest absolute Gasteiger partial charge is 0.480 e. The van der Waals surface area contributed by atoms with Crippen molar-refractivity contribution >= 4 is 27.6 Å². The molecular formula is C16H23ClN2O4S. The Bertz CT molecular complexity index is 708. The maximum absolute atomic E-state index is 12.9. The van der Waals surface area contributed by atoms with Crippen LogP contribution in [0, 0.1) is 6.92 Å². The van der Waals surface area contributed by atoms with Crippen LogP contribution in [0.3, 0.4) is 0 Å². The average molecular weight is 375 g/mol. The molecule has 0 aromatic heterocycles. The van der Waals surface area contributed by atoms with Crippen LogP contribution in [0.4, 0.5) is 0 Å². The van der Waals surface area contributed by atoms with E-state index in [0.717, 1.165) is 6.42 Å². The Hall–Kier alpha value is -1.15. The van der Waals surface area contributed by atoms with Gasteiger partial charge in [0.1, 0.15) is 0 Å². The number of carbonyl (C=O) groups is 1. The van der Waals surface area contributed by atoms with Gasteiger partial charge in [-0.3, -0.25) is 9.69 Å². The lowest BCUT2D eigenvalue weighted by molar-refractivity contribution is -0.138. The number of hydrogen-bond donors (Lipinski definition) is 1. The van der Waals surface area contributed by atoms with Crippen LogP contribution in [0.1, 0.15) is 24.8 Å². The third-order valence-electron chi connectivity index (χ3n) is 4.43. The van der Waals surface area contributed by atoms with Crippen molar-refractivity contribution in [2.45, 2.75) is 37.1 Å². The molecule has 0 amide bonds. The third-order valence-corrected chi connectivity index (χ3v) is 6.71. The molecule has 0 bridgehead atoms. The number of likely N-dealkylation sites (N-methyl/N-ethyl adjacent to an activating group) is 1. The normalized spacial score (nSPS) is 20.1. The van der Waals surface area contributed by atoms with E-state index in [2.05, 4.69) is 0 Å². The van der Waals surface area contributed by atoms with E-state index in [9.17, 15) is 13.2 Å². The first kappa shape index (κ1) is 19.2. The summed E-state index contributed by atoms with van der Waals surface area (Å²) in [6, 6.07) is 4.94. The summed E-state index contributed by atoms with van der Waals surface area (Å²) in [5.74, 6) is -0.874. The number of benzene rings is 1. The molecule has 1 aromatic rings. The minimum atomic E-state index is -3.60. The Labute approximate surface area is 148 Å². The number of halogens is 1. The molecule has 1 aliphatic rings. The van der Waals surface area contributed by atoms with Gasteiger partial charge in [-0.2, -0.15) is 4.31 Å². The molecule has 24 heavy (non-hydrogen) atoms. The number of aliphatic carboxylic acids is 1. The molecule has 1 heterocycles. The second-order valence-corrected chi connectivity index (χ2v) is 8.55. The van der Waals surface area contributed by atoms with Gasteiger partial charge < -0.3 is 5.11 Å². The molecule has 1 aromatic carbocycles. The summed E-state index contributed by atoms with van der Waals surface area (Å²) in [6.45, 7) is 2.53. The molecule has 1 unspecified atom stereocenters. The van der Waals surface area contributed by atoms with Gasteiger partial charge in [0.05, 0.1) is 11.4 Å². The summed E-state index contributed by atoms with van der Waals surface area (Å²) in [4.78, 5) is 12.9. The van der Waals surface area contributed by atoms with Gasteiger partial charge in [0.2, 0.25) is 10.0 Å². The van der Waals surface area contributed by atoms with E-state index in [0.29, 0.717) is 36.5 Å². The summed E-state index contributed by atoms with van der Waals surface area (Å²) < 4.78 is 27.3. The van der Waals surface area contributed by atoms with Crippen LogP contribution in [0.25, 0.3) is 0 Å². The second kappa shape index (κ2) is 7.82. The molecule has 6 nitrogen and oxygen atoms in total. The summed E-state index contributed by atoms with van der Waals surface area (Å²) in [5.41, 5.74) is 0.670. The maximum atomic E-state index is 12.9. The highest BCUT2D eigenvalue weighted by molar-refractivity contribution is 7.89. The molecule has 1 saturated heterocycles. The highest BCUT2D eigenvalue weighted by Gasteiger charge is 2.30. The standard InChI is InChI=1S/C16H23ClN2O4S/c1-12-5-6-13(17)10-15(12)24(22,23)19-8-3-4-14(7-9-19)18(2)11-16(20)21/h5-6,10,14H,3-4,7-9,11H2,1-2H3,(H,20,21). The van der Waals surface area contributed by atoms with E-state index in [1.54, 1.807) is 31.0 Å². The highest BCUT2D eigenvalue weighted by atomic mass is 35.5. The van der Waals surface area contributed by atoms with Gasteiger partial charge in [-0.25, -0.2) is 8.42 Å². The predicted molar refractivity (Wildman–Crippen MR) is 92.9 cm³/mol. The molecule has 1 atom stereocenters. The van der Waals surface area contributed by atoms with E-state index in [1.165, 1.54) is 10.4 Å². The molecule has 134 valence electrons. The van der Waals surface area contributed by atoms with Crippen LogP contribution in [0.5, 0.6) is 0 Å². The number of carboxylic acids is 1. The van der Waals surface area contributed by atoms with E-state index in [1.807, 2.05) is 0 Å². The number of carboxylic acid groups (broad SMARTS) is 1. The van der Waals surface area contributed by atoms with Crippen LogP contribution < -0.4 is 0 Å². The molecule has 1 aliphatic heterocycles. The van der Waals surface area contributed by atoms with E-state index in [4.69, 9.17) is 16.7 Å². The van der Waals surface area contributed by atoms with Crippen molar-refractivity contribution in [3.8, 4) is 0 Å². The molecule has 2 rings (SSSR count). The average Bonchev–Trinajstić information content (AvgIpc) is 2.75. The Kier molecular flexibility index (Phi) is 6.25. The maximum Gasteiger partial charge on any atom is 0.317 e. The van der Waals surface area contributed by atoms with Crippen LogP contribution in [-0.2, 0) is 14.8 Å². The van der Waals surface area contributed by atoms with Crippen molar-refractivity contribution in [2.24, 2.45) is 0 Å². The van der Waals surface area contributed by atoms with Gasteiger partial charge in [0, 0.05) is 24.2 Å². The summed E-state index contributed by atoms with van der Waals surface area (Å²) >= 11 is 5.96. The Morgan fingerprint density at radius 3 is 2.75 bits per heavy atom. The van der Waals surface area contributed by atoms with Gasteiger partial charge in [0.25, 0.3) is 0 Å². The Morgan fingerprint density at radius 2 is 2.08 bits per heavy atom. The van der Waals surface area contributed by atoms with Gasteiger partial charge in [-0.15, -0.1) is 0 Å². The first-order valence-corrected chi connectivity index (χ1v) is 9.72. The fourth-order valence-electron chi connectivity index (χ4n) is 3.07. The number of hydrogen-bond acceptors (Lipinski definition) is 4. The molecular weight excluding hydrogens is 352 g/mol. The molecule has 0 saturated carbocycles. The monoisotopic (exact) mass is 374 g/mol.